The maximum absolute atomic E-state index is 13.2. The molecule has 2 aromatic carbocycles. The molecule has 0 bridgehead atoms. The molecule has 0 radical (unpaired) electrons. The second-order valence-electron chi connectivity index (χ2n) is 8.26. The average Bonchev–Trinajstić information content (AvgIpc) is 3.31. The van der Waals surface area contributed by atoms with E-state index in [4.69, 9.17) is 4.74 Å². The topological polar surface area (TPSA) is 78.5 Å². The van der Waals surface area contributed by atoms with Gasteiger partial charge in [0.15, 0.2) is 0 Å². The summed E-state index contributed by atoms with van der Waals surface area (Å²) in [4.78, 5) is 15.0. The van der Waals surface area contributed by atoms with Crippen molar-refractivity contribution in [2.75, 3.05) is 13.2 Å². The molecule has 6 heteroatoms. The van der Waals surface area contributed by atoms with Crippen LogP contribution in [0.25, 0.3) is 11.3 Å². The van der Waals surface area contributed by atoms with Crippen molar-refractivity contribution in [1.29, 1.82) is 0 Å². The molecular formula is C26H29N3O3. The van der Waals surface area contributed by atoms with E-state index >= 15 is 0 Å². The van der Waals surface area contributed by atoms with Crippen LogP contribution in [-0.2, 0) is 0 Å². The molecule has 1 amide bonds. The molecule has 0 fully saturated rings. The number of aryl methyl sites for hydroxylation is 2. The van der Waals surface area contributed by atoms with Crippen LogP contribution >= 0.6 is 0 Å². The molecule has 6 nitrogen and oxygen atoms in total. The highest BCUT2D eigenvalue weighted by atomic mass is 16.5. The standard InChI is InChI=1S/C26H29N3O3/c1-5-7-12-32-19-10-8-9-18(15-19)24-21-22(20-14-16(3)13-17(4)25(20)30)27-28-23(21)26(31)29(24)11-6-2/h6,8-10,13-15,24,30H,2,5,7,11-12H2,1,3-4H3,(H,27,28). The van der Waals surface area contributed by atoms with E-state index in [-0.39, 0.29) is 17.7 Å². The Labute approximate surface area is 188 Å². The molecule has 1 aromatic heterocycles. The smallest absolute Gasteiger partial charge is 0.273 e. The number of phenolic OH excluding ortho intramolecular Hbond substituents is 1. The maximum atomic E-state index is 13.2. The molecule has 1 aliphatic heterocycles. The molecule has 4 rings (SSSR count). The highest BCUT2D eigenvalue weighted by Gasteiger charge is 2.42. The first-order chi connectivity index (χ1) is 15.5. The molecule has 0 saturated heterocycles. The van der Waals surface area contributed by atoms with Gasteiger partial charge >= 0.3 is 0 Å². The number of carbonyl (C=O) groups is 1. The fourth-order valence-electron chi connectivity index (χ4n) is 4.33. The summed E-state index contributed by atoms with van der Waals surface area (Å²) in [6.45, 7) is 10.8. The minimum atomic E-state index is -0.362. The van der Waals surface area contributed by atoms with Crippen LogP contribution in [-0.4, -0.2) is 39.3 Å². The Morgan fingerprint density at radius 2 is 2.09 bits per heavy atom. The Morgan fingerprint density at radius 3 is 2.84 bits per heavy atom. The van der Waals surface area contributed by atoms with Crippen LogP contribution in [0.15, 0.2) is 49.1 Å². The van der Waals surface area contributed by atoms with Gasteiger partial charge in [0.05, 0.1) is 12.6 Å². The van der Waals surface area contributed by atoms with Crippen molar-refractivity contribution in [1.82, 2.24) is 15.1 Å². The summed E-state index contributed by atoms with van der Waals surface area (Å²) in [6, 6.07) is 11.3. The van der Waals surface area contributed by atoms with Crippen molar-refractivity contribution in [2.24, 2.45) is 0 Å². The third-order valence-corrected chi connectivity index (χ3v) is 5.83. The number of fused-ring (bicyclic) bond motifs is 1. The van der Waals surface area contributed by atoms with Crippen molar-refractivity contribution in [3.63, 3.8) is 0 Å². The monoisotopic (exact) mass is 431 g/mol. The van der Waals surface area contributed by atoms with Crippen LogP contribution in [0.5, 0.6) is 11.5 Å². The van der Waals surface area contributed by atoms with Crippen LogP contribution < -0.4 is 4.74 Å². The van der Waals surface area contributed by atoms with Crippen LogP contribution in [0.4, 0.5) is 0 Å². The molecule has 1 aliphatic rings. The van der Waals surface area contributed by atoms with Gasteiger partial charge in [0, 0.05) is 17.7 Å². The van der Waals surface area contributed by atoms with Crippen molar-refractivity contribution < 1.29 is 14.6 Å². The third-order valence-electron chi connectivity index (χ3n) is 5.83. The summed E-state index contributed by atoms with van der Waals surface area (Å²) in [5, 5.41) is 18.2. The Kier molecular flexibility index (Phi) is 6.04. The largest absolute Gasteiger partial charge is 0.507 e. The fourth-order valence-corrected chi connectivity index (χ4v) is 4.33. The molecule has 2 N–H and O–H groups in total. The lowest BCUT2D eigenvalue weighted by atomic mass is 9.94. The number of hydrogen-bond donors (Lipinski definition) is 2. The number of ether oxygens (including phenoxy) is 1. The van der Waals surface area contributed by atoms with E-state index in [2.05, 4.69) is 23.7 Å². The first-order valence-corrected chi connectivity index (χ1v) is 11.0. The number of benzene rings is 2. The summed E-state index contributed by atoms with van der Waals surface area (Å²) >= 11 is 0. The lowest BCUT2D eigenvalue weighted by molar-refractivity contribution is 0.0764. The van der Waals surface area contributed by atoms with Crippen molar-refractivity contribution >= 4 is 5.91 Å². The van der Waals surface area contributed by atoms with E-state index in [1.54, 1.807) is 11.0 Å². The summed E-state index contributed by atoms with van der Waals surface area (Å²) in [7, 11) is 0. The van der Waals surface area contributed by atoms with Crippen LogP contribution in [0.3, 0.4) is 0 Å². The molecule has 32 heavy (non-hydrogen) atoms. The minimum Gasteiger partial charge on any atom is -0.507 e. The van der Waals surface area contributed by atoms with Crippen LogP contribution in [0, 0.1) is 13.8 Å². The molecule has 0 spiro atoms. The second kappa shape index (κ2) is 8.91. The van der Waals surface area contributed by atoms with Gasteiger partial charge in [-0.25, -0.2) is 0 Å². The molecule has 3 aromatic rings. The lowest BCUT2D eigenvalue weighted by Crippen LogP contribution is -2.29. The Balaban J connectivity index is 1.84. The molecule has 2 heterocycles. The van der Waals surface area contributed by atoms with E-state index in [9.17, 15) is 9.90 Å². The van der Waals surface area contributed by atoms with Crippen molar-refractivity contribution in [3.8, 4) is 22.8 Å². The number of aromatic amines is 1. The van der Waals surface area contributed by atoms with Gasteiger partial charge in [-0.3, -0.25) is 9.89 Å². The first kappa shape index (κ1) is 21.7. The summed E-state index contributed by atoms with van der Waals surface area (Å²) < 4.78 is 5.92. The number of nitrogens with zero attached hydrogens (tertiary/aromatic N) is 2. The highest BCUT2D eigenvalue weighted by molar-refractivity contribution is 6.00. The molecule has 1 atom stereocenters. The summed E-state index contributed by atoms with van der Waals surface area (Å²) in [5.74, 6) is 0.814. The zero-order valence-electron chi connectivity index (χ0n) is 18.8. The Bertz CT molecular complexity index is 1170. The summed E-state index contributed by atoms with van der Waals surface area (Å²) in [5.41, 5.74) is 5.14. The molecule has 0 aliphatic carbocycles. The number of amides is 1. The molecule has 0 saturated carbocycles. The maximum Gasteiger partial charge on any atom is 0.273 e. The van der Waals surface area contributed by atoms with E-state index < -0.39 is 0 Å². The zero-order chi connectivity index (χ0) is 22.8. The van der Waals surface area contributed by atoms with E-state index in [1.165, 1.54) is 0 Å². The molecule has 166 valence electrons. The van der Waals surface area contributed by atoms with Crippen molar-refractivity contribution in [2.45, 2.75) is 39.7 Å². The van der Waals surface area contributed by atoms with Gasteiger partial charge in [-0.15, -0.1) is 6.58 Å². The van der Waals surface area contributed by atoms with Gasteiger partial charge in [-0.05, 0) is 55.2 Å². The van der Waals surface area contributed by atoms with E-state index in [0.29, 0.717) is 30.1 Å². The van der Waals surface area contributed by atoms with E-state index in [0.717, 1.165) is 40.8 Å². The first-order valence-electron chi connectivity index (χ1n) is 11.0. The average molecular weight is 432 g/mol. The van der Waals surface area contributed by atoms with Gasteiger partial charge in [0.2, 0.25) is 0 Å². The summed E-state index contributed by atoms with van der Waals surface area (Å²) in [6.07, 6.45) is 3.77. The predicted octanol–water partition coefficient (Wildman–Crippen LogP) is 5.31. The van der Waals surface area contributed by atoms with Gasteiger partial charge in [0.1, 0.15) is 22.9 Å². The SMILES string of the molecule is C=CCN1C(=O)c2[nH]nc(-c3cc(C)cc(C)c3O)c2C1c1cccc(OCCCC)c1. The van der Waals surface area contributed by atoms with Crippen LogP contribution in [0.1, 0.15) is 58.5 Å². The lowest BCUT2D eigenvalue weighted by Gasteiger charge is -2.25. The van der Waals surface area contributed by atoms with Gasteiger partial charge in [-0.1, -0.05) is 37.6 Å². The molecule has 1 unspecified atom stereocenters. The fraction of sp³-hybridized carbons (Fsp3) is 0.308. The van der Waals surface area contributed by atoms with Gasteiger partial charge < -0.3 is 14.7 Å². The second-order valence-corrected chi connectivity index (χ2v) is 8.26. The highest BCUT2D eigenvalue weighted by Crippen LogP contribution is 2.45. The number of rotatable bonds is 8. The quantitative estimate of drug-likeness (QED) is 0.374. The number of H-pyrrole nitrogens is 1. The number of unbranched alkanes of at least 4 members (excludes halogenated alkanes) is 1. The van der Waals surface area contributed by atoms with Gasteiger partial charge in [-0.2, -0.15) is 5.10 Å². The molecular weight excluding hydrogens is 402 g/mol. The third kappa shape index (κ3) is 3.77. The Morgan fingerprint density at radius 1 is 1.28 bits per heavy atom. The number of aromatic hydroxyl groups is 1. The minimum absolute atomic E-state index is 0.134. The number of hydrogen-bond acceptors (Lipinski definition) is 4. The zero-order valence-corrected chi connectivity index (χ0v) is 18.8. The van der Waals surface area contributed by atoms with Gasteiger partial charge in [0.25, 0.3) is 5.91 Å². The Hall–Kier alpha value is -3.54. The number of phenols is 1. The van der Waals surface area contributed by atoms with E-state index in [1.807, 2.05) is 50.2 Å². The van der Waals surface area contributed by atoms with Crippen molar-refractivity contribution in [3.05, 3.63) is 77.0 Å². The predicted molar refractivity (Wildman–Crippen MR) is 125 cm³/mol. The number of aromatic nitrogens is 2. The number of nitrogens with one attached hydrogen (secondary N) is 1. The number of carbonyl (C=O) groups excluding carboxylic acids is 1. The van der Waals surface area contributed by atoms with Crippen LogP contribution in [0.2, 0.25) is 0 Å². The normalized spacial score (nSPS) is 15.2.